The van der Waals surface area contributed by atoms with Crippen LogP contribution < -0.4 is 10.2 Å². The quantitative estimate of drug-likeness (QED) is 0.928. The molecular formula is C16H24N4S. The maximum atomic E-state index is 4.74. The number of anilines is 2. The molecule has 0 amide bonds. The van der Waals surface area contributed by atoms with Crippen LogP contribution in [0, 0.1) is 12.3 Å². The molecule has 1 aliphatic heterocycles. The number of nitrogens with zero attached hydrogens (tertiary/aromatic N) is 3. The van der Waals surface area contributed by atoms with Crippen molar-refractivity contribution in [3.05, 3.63) is 10.9 Å². The fraction of sp³-hybridized carbons (Fsp3) is 0.625. The second-order valence-corrected chi connectivity index (χ2v) is 7.58. The normalized spacial score (nSPS) is 18.2. The number of rotatable bonds is 3. The first-order chi connectivity index (χ1) is 10.0. The van der Waals surface area contributed by atoms with Gasteiger partial charge in [-0.05, 0) is 31.2 Å². The smallest absolute Gasteiger partial charge is 0.225 e. The van der Waals surface area contributed by atoms with Gasteiger partial charge >= 0.3 is 0 Å². The lowest BCUT2D eigenvalue weighted by Crippen LogP contribution is -2.39. The molecule has 0 aliphatic carbocycles. The predicted molar refractivity (Wildman–Crippen MR) is 91.5 cm³/mol. The third kappa shape index (κ3) is 2.71. The third-order valence-electron chi connectivity index (χ3n) is 4.84. The fourth-order valence-corrected chi connectivity index (χ4v) is 3.87. The number of aryl methyl sites for hydroxylation is 1. The molecule has 0 saturated carbocycles. The summed E-state index contributed by atoms with van der Waals surface area (Å²) in [6.07, 6.45) is 3.75. The van der Waals surface area contributed by atoms with E-state index in [9.17, 15) is 0 Å². The van der Waals surface area contributed by atoms with Gasteiger partial charge in [0.1, 0.15) is 10.6 Å². The van der Waals surface area contributed by atoms with Gasteiger partial charge in [-0.3, -0.25) is 0 Å². The lowest BCUT2D eigenvalue weighted by Gasteiger charge is -2.39. The maximum Gasteiger partial charge on any atom is 0.225 e. The van der Waals surface area contributed by atoms with E-state index in [2.05, 4.69) is 42.0 Å². The van der Waals surface area contributed by atoms with Crippen molar-refractivity contribution in [3.8, 4) is 0 Å². The lowest BCUT2D eigenvalue weighted by atomic mass is 9.78. The number of thiophene rings is 1. The Hall–Kier alpha value is -1.36. The Morgan fingerprint density at radius 2 is 2.05 bits per heavy atom. The van der Waals surface area contributed by atoms with Crippen LogP contribution in [0.3, 0.4) is 0 Å². The van der Waals surface area contributed by atoms with Crippen molar-refractivity contribution < 1.29 is 0 Å². The molecule has 1 N–H and O–H groups in total. The lowest BCUT2D eigenvalue weighted by molar-refractivity contribution is 0.238. The van der Waals surface area contributed by atoms with E-state index in [1.807, 2.05) is 7.05 Å². The van der Waals surface area contributed by atoms with E-state index >= 15 is 0 Å². The van der Waals surface area contributed by atoms with E-state index in [1.54, 1.807) is 11.3 Å². The molecule has 2 aromatic heterocycles. The first-order valence-electron chi connectivity index (χ1n) is 7.75. The van der Waals surface area contributed by atoms with Gasteiger partial charge in [-0.1, -0.05) is 20.3 Å². The summed E-state index contributed by atoms with van der Waals surface area (Å²) in [4.78, 5) is 14.1. The van der Waals surface area contributed by atoms with Gasteiger partial charge in [0.05, 0.1) is 5.39 Å². The van der Waals surface area contributed by atoms with E-state index in [0.717, 1.165) is 29.7 Å². The highest BCUT2D eigenvalue weighted by atomic mass is 32.1. The monoisotopic (exact) mass is 304 g/mol. The van der Waals surface area contributed by atoms with E-state index in [0.29, 0.717) is 5.41 Å². The van der Waals surface area contributed by atoms with Gasteiger partial charge in [-0.2, -0.15) is 4.98 Å². The van der Waals surface area contributed by atoms with E-state index in [1.165, 1.54) is 29.5 Å². The molecule has 1 saturated heterocycles. The van der Waals surface area contributed by atoms with Crippen molar-refractivity contribution in [1.82, 2.24) is 9.97 Å². The van der Waals surface area contributed by atoms with Gasteiger partial charge in [0.25, 0.3) is 0 Å². The molecule has 0 bridgehead atoms. The number of hydrogen-bond acceptors (Lipinski definition) is 5. The van der Waals surface area contributed by atoms with E-state index < -0.39 is 0 Å². The van der Waals surface area contributed by atoms with Crippen molar-refractivity contribution in [2.75, 3.05) is 30.4 Å². The average Bonchev–Trinajstić information content (AvgIpc) is 2.87. The van der Waals surface area contributed by atoms with Crippen LogP contribution in [0.5, 0.6) is 0 Å². The highest BCUT2D eigenvalue weighted by Gasteiger charge is 2.29. The SMILES string of the molecule is CCC1(C)CCN(c2nc(NC)nc3sc(C)cc23)CC1. The first-order valence-corrected chi connectivity index (χ1v) is 8.57. The minimum absolute atomic E-state index is 0.499. The van der Waals surface area contributed by atoms with Gasteiger partial charge in [-0.15, -0.1) is 11.3 Å². The zero-order valence-electron chi connectivity index (χ0n) is 13.4. The summed E-state index contributed by atoms with van der Waals surface area (Å²) in [5.74, 6) is 1.83. The molecule has 0 aromatic carbocycles. The highest BCUT2D eigenvalue weighted by Crippen LogP contribution is 2.38. The van der Waals surface area contributed by atoms with Gasteiger partial charge in [-0.25, -0.2) is 4.98 Å². The molecule has 21 heavy (non-hydrogen) atoms. The Morgan fingerprint density at radius 1 is 1.33 bits per heavy atom. The molecule has 0 unspecified atom stereocenters. The van der Waals surface area contributed by atoms with Crippen LogP contribution in [0.4, 0.5) is 11.8 Å². The van der Waals surface area contributed by atoms with Crippen LogP contribution in [0.25, 0.3) is 10.2 Å². The summed E-state index contributed by atoms with van der Waals surface area (Å²) in [5, 5.41) is 4.30. The standard InChI is InChI=1S/C16H24N4S/c1-5-16(3)6-8-20(9-7-16)13-12-10-11(2)21-14(12)19-15(17-4)18-13/h10H,5-9H2,1-4H3,(H,17,18,19). The highest BCUT2D eigenvalue weighted by molar-refractivity contribution is 7.18. The topological polar surface area (TPSA) is 41.1 Å². The molecule has 3 heterocycles. The Morgan fingerprint density at radius 3 is 2.67 bits per heavy atom. The first kappa shape index (κ1) is 14.6. The summed E-state index contributed by atoms with van der Waals surface area (Å²) in [6.45, 7) is 9.04. The number of nitrogens with one attached hydrogen (secondary N) is 1. The zero-order chi connectivity index (χ0) is 15.0. The molecule has 0 atom stereocenters. The van der Waals surface area contributed by atoms with Gasteiger partial charge in [0.2, 0.25) is 5.95 Å². The maximum absolute atomic E-state index is 4.74. The van der Waals surface area contributed by atoms with Crippen LogP contribution in [-0.2, 0) is 0 Å². The average molecular weight is 304 g/mol. The molecule has 3 rings (SSSR count). The largest absolute Gasteiger partial charge is 0.357 e. The second-order valence-electron chi connectivity index (χ2n) is 6.35. The van der Waals surface area contributed by atoms with Crippen molar-refractivity contribution in [1.29, 1.82) is 0 Å². The number of piperidine rings is 1. The van der Waals surface area contributed by atoms with Gasteiger partial charge in [0, 0.05) is 25.0 Å². The van der Waals surface area contributed by atoms with Crippen molar-refractivity contribution in [2.24, 2.45) is 5.41 Å². The molecule has 4 nitrogen and oxygen atoms in total. The summed E-state index contributed by atoms with van der Waals surface area (Å²) in [6, 6.07) is 2.22. The van der Waals surface area contributed by atoms with Gasteiger partial charge < -0.3 is 10.2 Å². The van der Waals surface area contributed by atoms with Crippen LogP contribution in [-0.4, -0.2) is 30.1 Å². The summed E-state index contributed by atoms with van der Waals surface area (Å²) in [7, 11) is 1.88. The molecule has 1 aliphatic rings. The van der Waals surface area contributed by atoms with E-state index in [4.69, 9.17) is 4.98 Å². The molecule has 0 radical (unpaired) electrons. The predicted octanol–water partition coefficient (Wildman–Crippen LogP) is 4.06. The van der Waals surface area contributed by atoms with Crippen LogP contribution >= 0.6 is 11.3 Å². The van der Waals surface area contributed by atoms with Crippen molar-refractivity contribution >= 4 is 33.3 Å². The summed E-state index contributed by atoms with van der Waals surface area (Å²) in [5.41, 5.74) is 0.499. The van der Waals surface area contributed by atoms with Crippen LogP contribution in [0.15, 0.2) is 6.07 Å². The zero-order valence-corrected chi connectivity index (χ0v) is 14.2. The molecule has 0 spiro atoms. The Bertz CT molecular complexity index is 641. The summed E-state index contributed by atoms with van der Waals surface area (Å²) >= 11 is 1.75. The minimum atomic E-state index is 0.499. The van der Waals surface area contributed by atoms with Crippen LogP contribution in [0.2, 0.25) is 0 Å². The minimum Gasteiger partial charge on any atom is -0.357 e. The Balaban J connectivity index is 1.96. The second kappa shape index (κ2) is 5.44. The van der Waals surface area contributed by atoms with Crippen LogP contribution in [0.1, 0.15) is 38.0 Å². The fourth-order valence-electron chi connectivity index (χ4n) is 2.99. The number of aromatic nitrogens is 2. The third-order valence-corrected chi connectivity index (χ3v) is 5.79. The molecule has 114 valence electrons. The molecular weight excluding hydrogens is 280 g/mol. The molecule has 1 fully saturated rings. The number of fused-ring (bicyclic) bond motifs is 1. The summed E-state index contributed by atoms with van der Waals surface area (Å²) < 4.78 is 0. The Kier molecular flexibility index (Phi) is 3.78. The molecule has 5 heteroatoms. The van der Waals surface area contributed by atoms with Crippen molar-refractivity contribution in [3.63, 3.8) is 0 Å². The van der Waals surface area contributed by atoms with E-state index in [-0.39, 0.29) is 0 Å². The van der Waals surface area contributed by atoms with Crippen molar-refractivity contribution in [2.45, 2.75) is 40.0 Å². The molecule has 2 aromatic rings. The number of hydrogen-bond donors (Lipinski definition) is 1. The Labute approximate surface area is 130 Å². The van der Waals surface area contributed by atoms with Gasteiger partial charge in [0.15, 0.2) is 0 Å².